The molecule has 3 N–H and O–H groups in total. The minimum absolute atomic E-state index is 0.0617. The van der Waals surface area contributed by atoms with Gasteiger partial charge in [0.2, 0.25) is 11.8 Å². The molecule has 9 heteroatoms. The molecule has 2 amide bonds. The van der Waals surface area contributed by atoms with Crippen molar-refractivity contribution < 1.29 is 14.0 Å². The zero-order valence-corrected chi connectivity index (χ0v) is 17.9. The number of fused-ring (bicyclic) bond motifs is 1. The fourth-order valence-electron chi connectivity index (χ4n) is 3.18. The number of H-pyrrole nitrogens is 1. The summed E-state index contributed by atoms with van der Waals surface area (Å²) in [7, 11) is 0. The van der Waals surface area contributed by atoms with Crippen molar-refractivity contribution in [1.82, 2.24) is 20.5 Å². The third-order valence-corrected chi connectivity index (χ3v) is 5.56. The molecule has 158 valence electrons. The third kappa shape index (κ3) is 4.77. The number of amides is 2. The lowest BCUT2D eigenvalue weighted by atomic mass is 10.1. The van der Waals surface area contributed by atoms with Crippen molar-refractivity contribution in [3.8, 4) is 11.5 Å². The van der Waals surface area contributed by atoms with E-state index in [0.29, 0.717) is 5.89 Å². The maximum absolute atomic E-state index is 12.2. The number of benzene rings is 2. The monoisotopic (exact) mass is 435 g/mol. The summed E-state index contributed by atoms with van der Waals surface area (Å²) in [6.45, 7) is 3.73. The van der Waals surface area contributed by atoms with Gasteiger partial charge in [-0.25, -0.2) is 0 Å². The average Bonchev–Trinajstić information content (AvgIpc) is 3.40. The number of aryl methyl sites for hydroxylation is 2. The highest BCUT2D eigenvalue weighted by molar-refractivity contribution is 7.99. The van der Waals surface area contributed by atoms with Crippen molar-refractivity contribution in [3.05, 3.63) is 59.8 Å². The molecule has 31 heavy (non-hydrogen) atoms. The van der Waals surface area contributed by atoms with Crippen molar-refractivity contribution in [1.29, 1.82) is 0 Å². The molecule has 2 aromatic carbocycles. The standard InChI is InChI=1S/C22H21N5O3S/c1-13-6-5-7-14(2)20(13)25-18(28)11-24-19(29)12-31-22-27-26-21(30-22)16-10-23-17-9-4-3-8-15(16)17/h3-10,23H,11-12H2,1-2H3,(H,24,29)(H,25,28). The van der Waals surface area contributed by atoms with Gasteiger partial charge in [0.25, 0.3) is 11.1 Å². The Morgan fingerprint density at radius 1 is 1.03 bits per heavy atom. The summed E-state index contributed by atoms with van der Waals surface area (Å²) >= 11 is 1.12. The summed E-state index contributed by atoms with van der Waals surface area (Å²) in [4.78, 5) is 27.4. The first kappa shape index (κ1) is 20.7. The second-order valence-corrected chi connectivity index (χ2v) is 7.93. The highest BCUT2D eigenvalue weighted by atomic mass is 32.2. The zero-order valence-electron chi connectivity index (χ0n) is 17.1. The van der Waals surface area contributed by atoms with Gasteiger partial charge >= 0.3 is 0 Å². The number of rotatable bonds is 7. The maximum Gasteiger partial charge on any atom is 0.277 e. The van der Waals surface area contributed by atoms with Crippen LogP contribution in [0, 0.1) is 13.8 Å². The van der Waals surface area contributed by atoms with E-state index in [2.05, 4.69) is 25.8 Å². The Morgan fingerprint density at radius 3 is 2.61 bits per heavy atom. The quantitative estimate of drug-likeness (QED) is 0.382. The molecule has 0 atom stereocenters. The number of hydrogen-bond acceptors (Lipinski definition) is 6. The number of anilines is 1. The average molecular weight is 436 g/mol. The largest absolute Gasteiger partial charge is 0.411 e. The topological polar surface area (TPSA) is 113 Å². The molecular formula is C22H21N5O3S. The first-order valence-electron chi connectivity index (χ1n) is 9.67. The van der Waals surface area contributed by atoms with Crippen LogP contribution in [0.25, 0.3) is 22.4 Å². The molecule has 2 aromatic heterocycles. The van der Waals surface area contributed by atoms with Crippen molar-refractivity contribution in [3.63, 3.8) is 0 Å². The fraction of sp³-hybridized carbons (Fsp3) is 0.182. The molecule has 0 saturated carbocycles. The number of para-hydroxylation sites is 2. The number of nitrogens with zero attached hydrogens (tertiary/aromatic N) is 2. The van der Waals surface area contributed by atoms with E-state index in [1.807, 2.05) is 62.5 Å². The van der Waals surface area contributed by atoms with Gasteiger partial charge in [0.05, 0.1) is 17.9 Å². The lowest BCUT2D eigenvalue weighted by Crippen LogP contribution is -2.34. The molecule has 0 spiro atoms. The Kier molecular flexibility index (Phi) is 6.03. The number of carbonyl (C=O) groups is 2. The van der Waals surface area contributed by atoms with Gasteiger partial charge in [0.1, 0.15) is 0 Å². The van der Waals surface area contributed by atoms with E-state index < -0.39 is 0 Å². The van der Waals surface area contributed by atoms with Gasteiger partial charge in [-0.2, -0.15) is 0 Å². The van der Waals surface area contributed by atoms with E-state index in [1.165, 1.54) is 0 Å². The fourth-order valence-corrected chi connectivity index (χ4v) is 3.77. The molecule has 2 heterocycles. The van der Waals surface area contributed by atoms with Crippen LogP contribution in [0.2, 0.25) is 0 Å². The van der Waals surface area contributed by atoms with Crippen molar-refractivity contribution in [2.75, 3.05) is 17.6 Å². The molecule has 8 nitrogen and oxygen atoms in total. The van der Waals surface area contributed by atoms with Gasteiger partial charge in [-0.1, -0.05) is 48.2 Å². The number of carbonyl (C=O) groups excluding carboxylic acids is 2. The third-order valence-electron chi connectivity index (χ3n) is 4.74. The number of hydrogen-bond donors (Lipinski definition) is 3. The van der Waals surface area contributed by atoms with Crippen LogP contribution in [0.5, 0.6) is 0 Å². The second kappa shape index (κ2) is 9.05. The first-order chi connectivity index (χ1) is 15.0. The van der Waals surface area contributed by atoms with Crippen molar-refractivity contribution in [2.45, 2.75) is 19.1 Å². The Labute approximate surface area is 182 Å². The van der Waals surface area contributed by atoms with Crippen LogP contribution in [0.15, 0.2) is 58.3 Å². The van der Waals surface area contributed by atoms with Gasteiger partial charge in [-0.05, 0) is 31.0 Å². The summed E-state index contributed by atoms with van der Waals surface area (Å²) in [5, 5.41) is 14.8. The highest BCUT2D eigenvalue weighted by Crippen LogP contribution is 2.29. The maximum atomic E-state index is 12.2. The normalized spacial score (nSPS) is 10.9. The minimum atomic E-state index is -0.298. The molecule has 0 aliphatic rings. The summed E-state index contributed by atoms with van der Waals surface area (Å²) in [6, 6.07) is 13.6. The smallest absolute Gasteiger partial charge is 0.277 e. The van der Waals surface area contributed by atoms with E-state index in [0.717, 1.165) is 45.0 Å². The van der Waals surface area contributed by atoms with Crippen molar-refractivity contribution >= 4 is 40.2 Å². The predicted molar refractivity (Wildman–Crippen MR) is 120 cm³/mol. The summed E-state index contributed by atoms with van der Waals surface area (Å²) in [6.07, 6.45) is 1.81. The van der Waals surface area contributed by atoms with Crippen LogP contribution in [0.4, 0.5) is 5.69 Å². The molecule has 0 bridgehead atoms. The summed E-state index contributed by atoms with van der Waals surface area (Å²) in [5.74, 6) is -0.136. The molecule has 0 saturated heterocycles. The Bertz CT molecular complexity index is 1230. The van der Waals surface area contributed by atoms with Crippen LogP contribution >= 0.6 is 11.8 Å². The van der Waals surface area contributed by atoms with E-state index in [4.69, 9.17) is 4.42 Å². The van der Waals surface area contributed by atoms with Crippen LogP contribution < -0.4 is 10.6 Å². The SMILES string of the molecule is Cc1cccc(C)c1NC(=O)CNC(=O)CSc1nnc(-c2c[nH]c3ccccc23)o1. The van der Waals surface area contributed by atoms with E-state index in [-0.39, 0.29) is 29.3 Å². The summed E-state index contributed by atoms with van der Waals surface area (Å²) < 4.78 is 5.68. The Morgan fingerprint density at radius 2 is 1.81 bits per heavy atom. The van der Waals surface area contributed by atoms with Gasteiger partial charge in [0, 0.05) is 22.8 Å². The minimum Gasteiger partial charge on any atom is -0.411 e. The summed E-state index contributed by atoms with van der Waals surface area (Å²) in [5.41, 5.74) is 4.49. The number of aromatic amines is 1. The molecule has 4 aromatic rings. The first-order valence-corrected chi connectivity index (χ1v) is 10.7. The second-order valence-electron chi connectivity index (χ2n) is 7.00. The highest BCUT2D eigenvalue weighted by Gasteiger charge is 2.15. The van der Waals surface area contributed by atoms with Crippen LogP contribution in [0.3, 0.4) is 0 Å². The van der Waals surface area contributed by atoms with Gasteiger partial charge < -0.3 is 20.0 Å². The molecule has 0 radical (unpaired) electrons. The van der Waals surface area contributed by atoms with Gasteiger partial charge in [0.15, 0.2) is 0 Å². The lowest BCUT2D eigenvalue weighted by Gasteiger charge is -2.11. The molecule has 0 aliphatic heterocycles. The van der Waals surface area contributed by atoms with E-state index in [9.17, 15) is 9.59 Å². The van der Waals surface area contributed by atoms with E-state index in [1.54, 1.807) is 0 Å². The van der Waals surface area contributed by atoms with Crippen molar-refractivity contribution in [2.24, 2.45) is 0 Å². The Balaban J connectivity index is 1.28. The lowest BCUT2D eigenvalue weighted by molar-refractivity contribution is -0.122. The predicted octanol–water partition coefficient (Wildman–Crippen LogP) is 3.68. The van der Waals surface area contributed by atoms with Crippen LogP contribution in [0.1, 0.15) is 11.1 Å². The number of thioether (sulfide) groups is 1. The Hall–Kier alpha value is -3.59. The van der Waals surface area contributed by atoms with Crippen LogP contribution in [-0.4, -0.2) is 39.3 Å². The molecule has 4 rings (SSSR count). The van der Waals surface area contributed by atoms with Crippen LogP contribution in [-0.2, 0) is 9.59 Å². The molecule has 0 aliphatic carbocycles. The number of nitrogens with one attached hydrogen (secondary N) is 3. The van der Waals surface area contributed by atoms with E-state index >= 15 is 0 Å². The molecular weight excluding hydrogens is 414 g/mol. The molecule has 0 fully saturated rings. The zero-order chi connectivity index (χ0) is 21.8. The number of aromatic nitrogens is 3. The molecule has 0 unspecified atom stereocenters. The van der Waals surface area contributed by atoms with Gasteiger partial charge in [-0.15, -0.1) is 10.2 Å². The van der Waals surface area contributed by atoms with Gasteiger partial charge in [-0.3, -0.25) is 9.59 Å².